The summed E-state index contributed by atoms with van der Waals surface area (Å²) in [6.45, 7) is 0. The molecular weight excluding hydrogens is 298 g/mol. The van der Waals surface area contributed by atoms with E-state index in [1.54, 1.807) is 18.2 Å². The highest BCUT2D eigenvalue weighted by Crippen LogP contribution is 2.29. The Hall–Kier alpha value is -2.40. The van der Waals surface area contributed by atoms with Gasteiger partial charge in [0.05, 0.1) is 5.02 Å². The molecule has 0 unspecified atom stereocenters. The minimum Gasteiger partial charge on any atom is -0.398 e. The average molecular weight is 307 g/mol. The molecule has 3 rings (SSSR count). The van der Waals surface area contributed by atoms with Gasteiger partial charge in [0.25, 0.3) is 0 Å². The first-order valence-electron chi connectivity index (χ1n) is 6.04. The van der Waals surface area contributed by atoms with Crippen molar-refractivity contribution >= 4 is 34.0 Å². The molecule has 0 spiro atoms. The SMILES string of the molecule is Nc1cc(F)c(F)cc1C(=O)c1c[nH]c2cccc(Cl)c12. The van der Waals surface area contributed by atoms with Crippen LogP contribution in [0.2, 0.25) is 5.02 Å². The first-order chi connectivity index (χ1) is 9.99. The predicted molar refractivity (Wildman–Crippen MR) is 77.5 cm³/mol. The van der Waals surface area contributed by atoms with E-state index in [0.717, 1.165) is 12.1 Å². The predicted octanol–water partition coefficient (Wildman–Crippen LogP) is 3.91. The number of fused-ring (bicyclic) bond motifs is 1. The van der Waals surface area contributed by atoms with E-state index in [4.69, 9.17) is 17.3 Å². The number of nitrogens with one attached hydrogen (secondary N) is 1. The standard InChI is InChI=1S/C15H9ClF2N2O/c16-9-2-1-3-13-14(9)8(6-20-13)15(21)7-4-10(17)11(18)5-12(7)19/h1-6,20H,19H2. The van der Waals surface area contributed by atoms with Crippen molar-refractivity contribution in [1.82, 2.24) is 4.98 Å². The molecule has 0 aliphatic rings. The summed E-state index contributed by atoms with van der Waals surface area (Å²) in [5, 5.41) is 0.909. The topological polar surface area (TPSA) is 58.9 Å². The number of nitrogen functional groups attached to an aromatic ring is 1. The minimum absolute atomic E-state index is 0.102. The minimum atomic E-state index is -1.13. The van der Waals surface area contributed by atoms with Crippen LogP contribution in [0.15, 0.2) is 36.5 Å². The lowest BCUT2D eigenvalue weighted by atomic mass is 10.0. The van der Waals surface area contributed by atoms with Gasteiger partial charge >= 0.3 is 0 Å². The van der Waals surface area contributed by atoms with Gasteiger partial charge in [0.1, 0.15) is 0 Å². The molecule has 3 nitrogen and oxygen atoms in total. The number of aromatic amines is 1. The number of halogens is 3. The zero-order chi connectivity index (χ0) is 15.1. The Morgan fingerprint density at radius 2 is 1.86 bits per heavy atom. The number of carbonyl (C=O) groups is 1. The third kappa shape index (κ3) is 2.15. The maximum Gasteiger partial charge on any atom is 0.197 e. The second-order valence-electron chi connectivity index (χ2n) is 4.55. The van der Waals surface area contributed by atoms with E-state index in [1.165, 1.54) is 6.20 Å². The molecule has 0 amide bonds. The Morgan fingerprint density at radius 3 is 2.62 bits per heavy atom. The lowest BCUT2D eigenvalue weighted by Crippen LogP contribution is -2.07. The fourth-order valence-corrected chi connectivity index (χ4v) is 2.50. The van der Waals surface area contributed by atoms with Crippen LogP contribution in [-0.2, 0) is 0 Å². The lowest BCUT2D eigenvalue weighted by Gasteiger charge is -2.05. The molecule has 0 fully saturated rings. The molecule has 1 heterocycles. The van der Waals surface area contributed by atoms with E-state index in [2.05, 4.69) is 4.98 Å². The number of ketones is 1. The molecule has 1 aromatic heterocycles. The number of H-pyrrole nitrogens is 1. The van der Waals surface area contributed by atoms with Crippen LogP contribution in [0.1, 0.15) is 15.9 Å². The second-order valence-corrected chi connectivity index (χ2v) is 4.95. The monoisotopic (exact) mass is 306 g/mol. The van der Waals surface area contributed by atoms with Gasteiger partial charge < -0.3 is 10.7 Å². The fourth-order valence-electron chi connectivity index (χ4n) is 2.22. The van der Waals surface area contributed by atoms with Gasteiger partial charge in [-0.3, -0.25) is 4.79 Å². The number of hydrogen-bond acceptors (Lipinski definition) is 2. The zero-order valence-corrected chi connectivity index (χ0v) is 11.3. The zero-order valence-electron chi connectivity index (χ0n) is 10.6. The first-order valence-corrected chi connectivity index (χ1v) is 6.41. The molecule has 0 radical (unpaired) electrons. The number of nitrogens with two attached hydrogens (primary N) is 1. The maximum absolute atomic E-state index is 13.3. The Labute approximate surface area is 123 Å². The van der Waals surface area contributed by atoms with Crippen molar-refractivity contribution in [1.29, 1.82) is 0 Å². The third-order valence-electron chi connectivity index (χ3n) is 3.24. The third-order valence-corrected chi connectivity index (χ3v) is 3.55. The first kappa shape index (κ1) is 13.6. The molecule has 21 heavy (non-hydrogen) atoms. The van der Waals surface area contributed by atoms with Crippen molar-refractivity contribution in [3.05, 3.63) is 64.3 Å². The van der Waals surface area contributed by atoms with Gasteiger partial charge in [0.2, 0.25) is 0 Å². The number of rotatable bonds is 2. The largest absolute Gasteiger partial charge is 0.398 e. The van der Waals surface area contributed by atoms with E-state index in [0.29, 0.717) is 15.9 Å². The molecular formula is C15H9ClF2N2O. The molecule has 2 aromatic carbocycles. The van der Waals surface area contributed by atoms with Crippen molar-refractivity contribution in [2.24, 2.45) is 0 Å². The normalized spacial score (nSPS) is 11.0. The molecule has 106 valence electrons. The Bertz CT molecular complexity index is 873. The van der Waals surface area contributed by atoms with E-state index >= 15 is 0 Å². The Kier molecular flexibility index (Phi) is 3.14. The number of aromatic nitrogens is 1. The summed E-state index contributed by atoms with van der Waals surface area (Å²) in [4.78, 5) is 15.4. The van der Waals surface area contributed by atoms with Gasteiger partial charge in [-0.25, -0.2) is 8.78 Å². The Morgan fingerprint density at radius 1 is 1.14 bits per heavy atom. The summed E-state index contributed by atoms with van der Waals surface area (Å²) >= 11 is 6.09. The van der Waals surface area contributed by atoms with Crippen molar-refractivity contribution in [3.8, 4) is 0 Å². The van der Waals surface area contributed by atoms with Crippen molar-refractivity contribution in [3.63, 3.8) is 0 Å². The van der Waals surface area contributed by atoms with Gasteiger partial charge in [-0.1, -0.05) is 17.7 Å². The van der Waals surface area contributed by atoms with Crippen molar-refractivity contribution in [2.45, 2.75) is 0 Å². The molecule has 0 aliphatic heterocycles. The summed E-state index contributed by atoms with van der Waals surface area (Å²) in [6, 6.07) is 6.72. The van der Waals surface area contributed by atoms with Gasteiger partial charge in [0, 0.05) is 40.0 Å². The smallest absolute Gasteiger partial charge is 0.197 e. The van der Waals surface area contributed by atoms with Crippen molar-refractivity contribution < 1.29 is 13.6 Å². The number of hydrogen-bond donors (Lipinski definition) is 2. The summed E-state index contributed by atoms with van der Waals surface area (Å²) in [6.07, 6.45) is 1.47. The van der Waals surface area contributed by atoms with Gasteiger partial charge in [-0.2, -0.15) is 0 Å². The van der Waals surface area contributed by atoms with Crippen LogP contribution >= 0.6 is 11.6 Å². The summed E-state index contributed by atoms with van der Waals surface area (Å²) < 4.78 is 26.4. The molecule has 3 aromatic rings. The fraction of sp³-hybridized carbons (Fsp3) is 0. The molecule has 0 saturated carbocycles. The van der Waals surface area contributed by atoms with Crippen LogP contribution in [-0.4, -0.2) is 10.8 Å². The van der Waals surface area contributed by atoms with Gasteiger partial charge in [-0.15, -0.1) is 0 Å². The van der Waals surface area contributed by atoms with E-state index < -0.39 is 17.4 Å². The van der Waals surface area contributed by atoms with Crippen LogP contribution < -0.4 is 5.73 Å². The summed E-state index contributed by atoms with van der Waals surface area (Å²) in [5.74, 6) is -2.75. The number of carbonyl (C=O) groups excluding carboxylic acids is 1. The van der Waals surface area contributed by atoms with Crippen LogP contribution in [0.3, 0.4) is 0 Å². The van der Waals surface area contributed by atoms with Crippen LogP contribution in [0, 0.1) is 11.6 Å². The van der Waals surface area contributed by atoms with E-state index in [-0.39, 0.29) is 16.8 Å². The lowest BCUT2D eigenvalue weighted by molar-refractivity contribution is 0.104. The van der Waals surface area contributed by atoms with Crippen LogP contribution in [0.5, 0.6) is 0 Å². The molecule has 0 aliphatic carbocycles. The highest BCUT2D eigenvalue weighted by Gasteiger charge is 2.20. The summed E-state index contributed by atoms with van der Waals surface area (Å²) in [5.41, 5.74) is 6.31. The van der Waals surface area contributed by atoms with Gasteiger partial charge in [0.15, 0.2) is 17.4 Å². The molecule has 6 heteroatoms. The van der Waals surface area contributed by atoms with Crippen LogP contribution in [0.4, 0.5) is 14.5 Å². The second kappa shape index (κ2) is 4.86. The number of anilines is 1. The van der Waals surface area contributed by atoms with E-state index in [1.807, 2.05) is 0 Å². The number of benzene rings is 2. The summed E-state index contributed by atoms with van der Waals surface area (Å²) in [7, 11) is 0. The van der Waals surface area contributed by atoms with Crippen LogP contribution in [0.25, 0.3) is 10.9 Å². The molecule has 0 saturated heterocycles. The molecule has 0 atom stereocenters. The van der Waals surface area contributed by atoms with E-state index in [9.17, 15) is 13.6 Å². The highest BCUT2D eigenvalue weighted by atomic mass is 35.5. The highest BCUT2D eigenvalue weighted by molar-refractivity contribution is 6.37. The Balaban J connectivity index is 2.20. The average Bonchev–Trinajstić information content (AvgIpc) is 2.87. The molecule has 0 bridgehead atoms. The molecule has 3 N–H and O–H groups in total. The quantitative estimate of drug-likeness (QED) is 0.557. The van der Waals surface area contributed by atoms with Crippen molar-refractivity contribution in [2.75, 3.05) is 5.73 Å². The van der Waals surface area contributed by atoms with Gasteiger partial charge in [-0.05, 0) is 18.2 Å². The maximum atomic E-state index is 13.3.